The van der Waals surface area contributed by atoms with Crippen molar-refractivity contribution < 1.29 is 0 Å². The molecule has 0 N–H and O–H groups in total. The maximum Gasteiger partial charge on any atom is 0.0776 e. The molecule has 262 valence electrons. The maximum absolute atomic E-state index is 4.04. The van der Waals surface area contributed by atoms with Gasteiger partial charge in [0.05, 0.1) is 8.07 Å². The van der Waals surface area contributed by atoms with Gasteiger partial charge in [0, 0.05) is 24.5 Å². The minimum atomic E-state index is -1.82. The Kier molecular flexibility index (Phi) is 10.0. The van der Waals surface area contributed by atoms with Crippen LogP contribution in [0.15, 0.2) is 48.3 Å². The van der Waals surface area contributed by atoms with E-state index in [9.17, 15) is 0 Å². The highest BCUT2D eigenvalue weighted by Crippen LogP contribution is 2.57. The minimum absolute atomic E-state index is 0.616. The molecule has 0 nitrogen and oxygen atoms in total. The molecule has 3 aromatic carbocycles. The SMILES string of the molecule is CC1=Cc2c(cc(Br)c3c2CCCC3)C1.CC[Si](CC)(C1C(C)=Cc2c1cc(Br)c1c2CCCC1)C1C(C)=Cc2c1cc(Br)c1c2CCCC1. The van der Waals surface area contributed by atoms with Gasteiger partial charge >= 0.3 is 0 Å². The van der Waals surface area contributed by atoms with E-state index in [2.05, 4.69) is 119 Å². The molecule has 4 heteroatoms. The Bertz CT molecular complexity index is 1890. The molecule has 0 aromatic heterocycles. The molecule has 2 atom stereocenters. The van der Waals surface area contributed by atoms with Crippen molar-refractivity contribution in [3.63, 3.8) is 0 Å². The van der Waals surface area contributed by atoms with E-state index < -0.39 is 8.07 Å². The van der Waals surface area contributed by atoms with E-state index in [0.29, 0.717) is 11.1 Å². The summed E-state index contributed by atoms with van der Waals surface area (Å²) < 4.78 is 4.11. The first-order valence-electron chi connectivity index (χ1n) is 19.7. The Morgan fingerprint density at radius 3 is 1.32 bits per heavy atom. The number of rotatable bonds is 4. The van der Waals surface area contributed by atoms with Crippen LogP contribution in [0.3, 0.4) is 0 Å². The molecule has 0 saturated heterocycles. The van der Waals surface area contributed by atoms with Crippen LogP contribution in [0, 0.1) is 0 Å². The Hall–Kier alpha value is -1.46. The zero-order chi connectivity index (χ0) is 34.9. The zero-order valence-corrected chi connectivity index (χ0v) is 36.6. The van der Waals surface area contributed by atoms with E-state index in [-0.39, 0.29) is 0 Å². The normalized spacial score (nSPS) is 21.5. The molecule has 0 bridgehead atoms. The second-order valence-electron chi connectivity index (χ2n) is 16.4. The lowest BCUT2D eigenvalue weighted by molar-refractivity contribution is 0.680. The van der Waals surface area contributed by atoms with E-state index in [1.54, 1.807) is 72.3 Å². The molecule has 0 saturated carbocycles. The molecule has 0 fully saturated rings. The third kappa shape index (κ3) is 5.75. The van der Waals surface area contributed by atoms with Gasteiger partial charge in [0.2, 0.25) is 0 Å². The number of hydrogen-bond donors (Lipinski definition) is 0. The van der Waals surface area contributed by atoms with E-state index in [0.717, 1.165) is 6.42 Å². The summed E-state index contributed by atoms with van der Waals surface area (Å²) in [5, 5.41) is 0. The molecular formula is C46H53Br3Si. The Balaban J connectivity index is 0.000000200. The number of benzene rings is 3. The fourth-order valence-corrected chi connectivity index (χ4v) is 19.7. The van der Waals surface area contributed by atoms with Gasteiger partial charge in [-0.3, -0.25) is 0 Å². The summed E-state index contributed by atoms with van der Waals surface area (Å²) in [7, 11) is -1.82. The first kappa shape index (κ1) is 35.6. The van der Waals surface area contributed by atoms with E-state index >= 15 is 0 Å². The summed E-state index contributed by atoms with van der Waals surface area (Å²) in [5.74, 6) is 0. The highest BCUT2D eigenvalue weighted by molar-refractivity contribution is 9.11. The van der Waals surface area contributed by atoms with Crippen LogP contribution >= 0.6 is 47.8 Å². The molecule has 6 aliphatic rings. The van der Waals surface area contributed by atoms with Gasteiger partial charge in [-0.2, -0.15) is 0 Å². The van der Waals surface area contributed by atoms with Gasteiger partial charge in [0.15, 0.2) is 0 Å². The largest absolute Gasteiger partial charge is 0.0776 e. The van der Waals surface area contributed by atoms with Gasteiger partial charge < -0.3 is 0 Å². The van der Waals surface area contributed by atoms with Gasteiger partial charge in [0.25, 0.3) is 0 Å². The first-order chi connectivity index (χ1) is 24.2. The van der Waals surface area contributed by atoms with Crippen LogP contribution in [0.4, 0.5) is 0 Å². The van der Waals surface area contributed by atoms with Crippen LogP contribution in [0.1, 0.15) is 151 Å². The van der Waals surface area contributed by atoms with Crippen LogP contribution < -0.4 is 0 Å². The predicted molar refractivity (Wildman–Crippen MR) is 229 cm³/mol. The number of allylic oxidation sites excluding steroid dienone is 3. The monoisotopic (exact) mass is 870 g/mol. The van der Waals surface area contributed by atoms with Crippen molar-refractivity contribution in [2.45, 2.75) is 141 Å². The second-order valence-corrected chi connectivity index (χ2v) is 24.0. The van der Waals surface area contributed by atoms with Crippen molar-refractivity contribution in [2.24, 2.45) is 0 Å². The van der Waals surface area contributed by atoms with Crippen molar-refractivity contribution in [2.75, 3.05) is 0 Å². The summed E-state index contributed by atoms with van der Waals surface area (Å²) in [5.41, 5.74) is 25.3. The van der Waals surface area contributed by atoms with Crippen molar-refractivity contribution in [1.29, 1.82) is 0 Å². The average molecular weight is 874 g/mol. The first-order valence-corrected chi connectivity index (χ1v) is 24.7. The summed E-state index contributed by atoms with van der Waals surface area (Å²) in [6.45, 7) is 12.2. The molecule has 2 unspecified atom stereocenters. The van der Waals surface area contributed by atoms with Gasteiger partial charge in [0.1, 0.15) is 0 Å². The summed E-state index contributed by atoms with van der Waals surface area (Å²) in [4.78, 5) is 0. The summed E-state index contributed by atoms with van der Waals surface area (Å²) >= 11 is 11.8. The Morgan fingerprint density at radius 1 is 0.520 bits per heavy atom. The minimum Gasteiger partial charge on any atom is -0.0683 e. The molecule has 3 aromatic rings. The lowest BCUT2D eigenvalue weighted by atomic mass is 9.87. The van der Waals surface area contributed by atoms with Crippen molar-refractivity contribution in [1.82, 2.24) is 0 Å². The molecule has 9 rings (SSSR count). The second kappa shape index (κ2) is 14.1. The third-order valence-corrected chi connectivity index (χ3v) is 22.3. The average Bonchev–Trinajstić information content (AvgIpc) is 3.78. The topological polar surface area (TPSA) is 0 Å². The summed E-state index contributed by atoms with van der Waals surface area (Å²) in [6.07, 6.45) is 24.4. The molecule has 0 spiro atoms. The van der Waals surface area contributed by atoms with Crippen LogP contribution in [-0.4, -0.2) is 8.07 Å². The van der Waals surface area contributed by atoms with Gasteiger partial charge in [-0.1, -0.05) is 109 Å². The number of hydrogen-bond acceptors (Lipinski definition) is 0. The van der Waals surface area contributed by atoms with Crippen molar-refractivity contribution >= 4 is 74.1 Å². The van der Waals surface area contributed by atoms with E-state index in [4.69, 9.17) is 0 Å². The van der Waals surface area contributed by atoms with Crippen LogP contribution in [-0.2, 0) is 44.9 Å². The standard InChI is InChI=1S/C32H38Br2Si.C14H15Br/c1-5-35(6-2,31-19(3)15-25-21-11-7-9-13-23(21)29(33)17-27(25)31)32-20(4)16-26-22-12-8-10-14-24(22)30(34)18-28(26)32;1-9-6-10-8-14(15)12-5-3-2-4-11(12)13(10)7-9/h15-18,31-32H,5-14H2,1-4H3;7-8H,2-6H2,1H3. The van der Waals surface area contributed by atoms with Gasteiger partial charge in [-0.15, -0.1) is 0 Å². The molecule has 6 aliphatic carbocycles. The fourth-order valence-electron chi connectivity index (χ4n) is 11.5. The van der Waals surface area contributed by atoms with Crippen molar-refractivity contribution in [3.05, 3.63) is 115 Å². The highest BCUT2D eigenvalue weighted by atomic mass is 79.9. The summed E-state index contributed by atoms with van der Waals surface area (Å²) in [6, 6.07) is 10.1. The Labute approximate surface area is 328 Å². The van der Waals surface area contributed by atoms with Gasteiger partial charge in [-0.25, -0.2) is 0 Å². The van der Waals surface area contributed by atoms with E-state index in [1.807, 2.05) is 0 Å². The molecular weight excluding hydrogens is 820 g/mol. The van der Waals surface area contributed by atoms with Gasteiger partial charge in [-0.05, 0) is 189 Å². The highest BCUT2D eigenvalue weighted by Gasteiger charge is 2.51. The fraction of sp³-hybridized carbons (Fsp3) is 0.478. The predicted octanol–water partition coefficient (Wildman–Crippen LogP) is 14.5. The van der Waals surface area contributed by atoms with Crippen LogP contribution in [0.2, 0.25) is 12.1 Å². The third-order valence-electron chi connectivity index (χ3n) is 13.7. The van der Waals surface area contributed by atoms with Crippen molar-refractivity contribution in [3.8, 4) is 0 Å². The maximum atomic E-state index is 4.04. The lowest BCUT2D eigenvalue weighted by Gasteiger charge is -2.44. The molecule has 0 radical (unpaired) electrons. The molecule has 0 heterocycles. The number of fused-ring (bicyclic) bond motifs is 9. The smallest absolute Gasteiger partial charge is 0.0683 e. The van der Waals surface area contributed by atoms with Crippen LogP contribution in [0.25, 0.3) is 18.2 Å². The van der Waals surface area contributed by atoms with E-state index in [1.165, 1.54) is 114 Å². The molecule has 50 heavy (non-hydrogen) atoms. The van der Waals surface area contributed by atoms with Crippen LogP contribution in [0.5, 0.6) is 0 Å². The lowest BCUT2D eigenvalue weighted by Crippen LogP contribution is -2.47. The zero-order valence-electron chi connectivity index (χ0n) is 30.9. The quantitative estimate of drug-likeness (QED) is 0.229. The molecule has 0 aliphatic heterocycles. The Morgan fingerprint density at radius 2 is 0.900 bits per heavy atom. The molecule has 0 amide bonds. The number of halogens is 3.